The molecule has 0 fully saturated rings. The summed E-state index contributed by atoms with van der Waals surface area (Å²) in [5.41, 5.74) is 0.976. The summed E-state index contributed by atoms with van der Waals surface area (Å²) in [5, 5.41) is -0.952. The molecule has 0 aliphatic carbocycles. The molecule has 2 heterocycles. The molecule has 1 atom stereocenters. The molecule has 0 radical (unpaired) electrons. The van der Waals surface area contributed by atoms with E-state index < -0.39 is 15.1 Å². The van der Waals surface area contributed by atoms with Crippen LogP contribution in [-0.4, -0.2) is 27.7 Å². The standard InChI is InChI=1S/C18H17NO5S/c1-2-19-13-5-3-4-6-16(13)25(21,22)17(10-18(19)20)12-7-8-14-15(9-12)24-11-23-14/h3-9,17H,2,10-11H2,1H3. The molecule has 0 N–H and O–H groups in total. The van der Waals surface area contributed by atoms with Gasteiger partial charge >= 0.3 is 0 Å². The Balaban J connectivity index is 1.88. The molecule has 1 amide bonds. The normalized spacial score (nSPS) is 20.9. The summed E-state index contributed by atoms with van der Waals surface area (Å²) < 4.78 is 37.2. The zero-order chi connectivity index (χ0) is 17.6. The lowest BCUT2D eigenvalue weighted by Gasteiger charge is -2.20. The number of benzene rings is 2. The maximum atomic E-state index is 13.3. The zero-order valence-corrected chi connectivity index (χ0v) is 14.5. The largest absolute Gasteiger partial charge is 0.454 e. The topological polar surface area (TPSA) is 72.9 Å². The lowest BCUT2D eigenvalue weighted by atomic mass is 10.1. The van der Waals surface area contributed by atoms with E-state index in [1.807, 2.05) is 6.92 Å². The number of hydrogen-bond acceptors (Lipinski definition) is 5. The van der Waals surface area contributed by atoms with Crippen molar-refractivity contribution in [1.29, 1.82) is 0 Å². The fourth-order valence-electron chi connectivity index (χ4n) is 3.34. The van der Waals surface area contributed by atoms with Crippen LogP contribution in [0.25, 0.3) is 0 Å². The van der Waals surface area contributed by atoms with E-state index in [1.165, 1.54) is 4.90 Å². The van der Waals surface area contributed by atoms with Crippen LogP contribution < -0.4 is 14.4 Å². The van der Waals surface area contributed by atoms with Crippen LogP contribution in [0.15, 0.2) is 47.4 Å². The van der Waals surface area contributed by atoms with Gasteiger partial charge in [0.1, 0.15) is 0 Å². The van der Waals surface area contributed by atoms with Crippen LogP contribution in [-0.2, 0) is 14.6 Å². The average molecular weight is 359 g/mol. The molecule has 7 heteroatoms. The summed E-state index contributed by atoms with van der Waals surface area (Å²) in [6.45, 7) is 2.36. The molecule has 0 spiro atoms. The molecule has 1 unspecified atom stereocenters. The van der Waals surface area contributed by atoms with Crippen molar-refractivity contribution in [3.63, 3.8) is 0 Å². The fraction of sp³-hybridized carbons (Fsp3) is 0.278. The third-order valence-corrected chi connectivity index (χ3v) is 6.73. The van der Waals surface area contributed by atoms with Gasteiger partial charge in [-0.25, -0.2) is 8.42 Å². The number of para-hydroxylation sites is 1. The minimum atomic E-state index is -3.72. The number of rotatable bonds is 2. The Labute approximate surface area is 145 Å². The van der Waals surface area contributed by atoms with E-state index in [9.17, 15) is 13.2 Å². The van der Waals surface area contributed by atoms with Crippen molar-refractivity contribution in [2.24, 2.45) is 0 Å². The van der Waals surface area contributed by atoms with Gasteiger partial charge in [-0.2, -0.15) is 0 Å². The van der Waals surface area contributed by atoms with Crippen LogP contribution in [0.4, 0.5) is 5.69 Å². The summed E-state index contributed by atoms with van der Waals surface area (Å²) in [7, 11) is -3.72. The third kappa shape index (κ3) is 2.46. The first kappa shape index (κ1) is 16.0. The number of anilines is 1. The Bertz CT molecular complexity index is 954. The summed E-state index contributed by atoms with van der Waals surface area (Å²) in [4.78, 5) is 14.4. The molecule has 2 aliphatic heterocycles. The van der Waals surface area contributed by atoms with Crippen molar-refractivity contribution >= 4 is 21.4 Å². The highest BCUT2D eigenvalue weighted by Gasteiger charge is 2.39. The van der Waals surface area contributed by atoms with Crippen molar-refractivity contribution < 1.29 is 22.7 Å². The van der Waals surface area contributed by atoms with Gasteiger partial charge in [0.25, 0.3) is 0 Å². The van der Waals surface area contributed by atoms with Gasteiger partial charge in [0.2, 0.25) is 12.7 Å². The smallest absolute Gasteiger partial charge is 0.231 e. The predicted octanol–water partition coefficient (Wildman–Crippen LogP) is 2.69. The first-order valence-electron chi connectivity index (χ1n) is 8.05. The monoisotopic (exact) mass is 359 g/mol. The van der Waals surface area contributed by atoms with E-state index in [0.29, 0.717) is 29.3 Å². The Morgan fingerprint density at radius 3 is 2.68 bits per heavy atom. The molecule has 2 aromatic rings. The van der Waals surface area contributed by atoms with Crippen molar-refractivity contribution in [2.75, 3.05) is 18.2 Å². The molecule has 4 rings (SSSR count). The first-order chi connectivity index (χ1) is 12.0. The van der Waals surface area contributed by atoms with Crippen LogP contribution in [0.5, 0.6) is 11.5 Å². The summed E-state index contributed by atoms with van der Waals surface area (Å²) >= 11 is 0. The van der Waals surface area contributed by atoms with E-state index in [2.05, 4.69) is 0 Å². The lowest BCUT2D eigenvalue weighted by molar-refractivity contribution is -0.118. The Hall–Kier alpha value is -2.54. The van der Waals surface area contributed by atoms with Crippen LogP contribution >= 0.6 is 0 Å². The molecular weight excluding hydrogens is 342 g/mol. The average Bonchev–Trinajstić information content (AvgIpc) is 3.05. The molecule has 0 saturated heterocycles. The second-order valence-electron chi connectivity index (χ2n) is 5.96. The molecule has 0 saturated carbocycles. The summed E-state index contributed by atoms with van der Waals surface area (Å²) in [6.07, 6.45) is -0.107. The Morgan fingerprint density at radius 1 is 1.12 bits per heavy atom. The van der Waals surface area contributed by atoms with E-state index in [-0.39, 0.29) is 24.0 Å². The number of fused-ring (bicyclic) bond motifs is 2. The van der Waals surface area contributed by atoms with Crippen LogP contribution in [0.2, 0.25) is 0 Å². The molecule has 6 nitrogen and oxygen atoms in total. The SMILES string of the molecule is CCN1C(=O)CC(c2ccc3c(c2)OCO3)S(=O)(=O)c2ccccc21. The molecule has 0 aromatic heterocycles. The minimum Gasteiger partial charge on any atom is -0.454 e. The fourth-order valence-corrected chi connectivity index (χ4v) is 5.26. The van der Waals surface area contributed by atoms with Crippen molar-refractivity contribution in [2.45, 2.75) is 23.5 Å². The second-order valence-corrected chi connectivity index (χ2v) is 8.06. The Kier molecular flexibility index (Phi) is 3.68. The van der Waals surface area contributed by atoms with Crippen molar-refractivity contribution in [1.82, 2.24) is 0 Å². The van der Waals surface area contributed by atoms with Gasteiger partial charge in [0, 0.05) is 13.0 Å². The molecule has 2 aromatic carbocycles. The third-order valence-electron chi connectivity index (χ3n) is 4.58. The van der Waals surface area contributed by atoms with Crippen molar-refractivity contribution in [3.8, 4) is 11.5 Å². The predicted molar refractivity (Wildman–Crippen MR) is 91.6 cm³/mol. The van der Waals surface area contributed by atoms with Crippen LogP contribution in [0, 0.1) is 0 Å². The van der Waals surface area contributed by atoms with Gasteiger partial charge in [-0.3, -0.25) is 4.79 Å². The van der Waals surface area contributed by atoms with Gasteiger partial charge in [-0.1, -0.05) is 18.2 Å². The second kappa shape index (κ2) is 5.77. The maximum absolute atomic E-state index is 13.3. The van der Waals surface area contributed by atoms with Crippen LogP contribution in [0.1, 0.15) is 24.2 Å². The Morgan fingerprint density at radius 2 is 1.88 bits per heavy atom. The maximum Gasteiger partial charge on any atom is 0.231 e. The number of carbonyl (C=O) groups is 1. The molecule has 25 heavy (non-hydrogen) atoms. The highest BCUT2D eigenvalue weighted by Crippen LogP contribution is 2.43. The number of amides is 1. The first-order valence-corrected chi connectivity index (χ1v) is 9.60. The lowest BCUT2D eigenvalue weighted by Crippen LogP contribution is -2.30. The summed E-state index contributed by atoms with van der Waals surface area (Å²) in [5.74, 6) is 0.875. The van der Waals surface area contributed by atoms with Crippen molar-refractivity contribution in [3.05, 3.63) is 48.0 Å². The van der Waals surface area contributed by atoms with E-state index >= 15 is 0 Å². The highest BCUT2D eigenvalue weighted by molar-refractivity contribution is 7.92. The number of ether oxygens (including phenoxy) is 2. The van der Waals surface area contributed by atoms with E-state index in [4.69, 9.17) is 9.47 Å². The van der Waals surface area contributed by atoms with Gasteiger partial charge in [0.15, 0.2) is 21.3 Å². The number of sulfone groups is 1. The number of carbonyl (C=O) groups excluding carboxylic acids is 1. The van der Waals surface area contributed by atoms with E-state index in [0.717, 1.165) is 0 Å². The van der Waals surface area contributed by atoms with Gasteiger partial charge in [-0.15, -0.1) is 0 Å². The molecular formula is C18H17NO5S. The molecule has 130 valence electrons. The van der Waals surface area contributed by atoms with Gasteiger partial charge in [0.05, 0.1) is 15.8 Å². The van der Waals surface area contributed by atoms with Crippen LogP contribution in [0.3, 0.4) is 0 Å². The quantitative estimate of drug-likeness (QED) is 0.824. The van der Waals surface area contributed by atoms with Gasteiger partial charge < -0.3 is 14.4 Å². The minimum absolute atomic E-state index is 0.107. The molecule has 2 aliphatic rings. The number of hydrogen-bond donors (Lipinski definition) is 0. The number of nitrogens with zero attached hydrogens (tertiary/aromatic N) is 1. The highest BCUT2D eigenvalue weighted by atomic mass is 32.2. The molecule has 0 bridgehead atoms. The zero-order valence-electron chi connectivity index (χ0n) is 13.6. The van der Waals surface area contributed by atoms with E-state index in [1.54, 1.807) is 42.5 Å². The van der Waals surface area contributed by atoms with Gasteiger partial charge in [-0.05, 0) is 36.8 Å². The summed E-state index contributed by atoms with van der Waals surface area (Å²) in [6, 6.07) is 11.7.